The standard InChI is InChI=1S/C33H38FN10O10PS/c1-17(2)28(46)41-33-40-27-24(30(48)42-33)38-16-44(27)32-22(11-20(53-32)12-50-9-8-45)54-55(49,56)51-13-19-10-21(34)31(52-19)43-15-37-23-25(35-14-36-26(23)43)39-29(47)18-6-4-3-5-7-18/h3-7,14-17,19-22,31-32,45H,8-13H2,1-2H3,(H,49,56)(H,35,36,39,47)(H2,40,41,42,46,48). The SMILES string of the molecule is CC(C)C(=O)Nc1nc2c(ncn2C2OC(COCCO)CC2OP(O)(=S)OCC2CC(F)C(n3cnc4c(NC(=O)c5ccccc5)ncnc43)O2)c(=O)[nH]1. The quantitative estimate of drug-likeness (QED) is 0.0751. The minimum Gasteiger partial charge on any atom is -0.394 e. The zero-order chi connectivity index (χ0) is 39.6. The Bertz CT molecular complexity index is 2310. The maximum absolute atomic E-state index is 15.5. The number of aliphatic hydroxyl groups excluding tert-OH is 1. The molecule has 4 aromatic heterocycles. The molecule has 2 saturated heterocycles. The lowest BCUT2D eigenvalue weighted by molar-refractivity contribution is -0.118. The summed E-state index contributed by atoms with van der Waals surface area (Å²) in [6.45, 7) is -1.17. The summed E-state index contributed by atoms with van der Waals surface area (Å²) in [5.41, 5.74) is 0.241. The molecule has 20 nitrogen and oxygen atoms in total. The molecule has 2 fully saturated rings. The van der Waals surface area contributed by atoms with Crippen molar-refractivity contribution in [3.05, 3.63) is 65.2 Å². The summed E-state index contributed by atoms with van der Waals surface area (Å²) in [6.07, 6.45) is -2.36. The molecule has 56 heavy (non-hydrogen) atoms. The van der Waals surface area contributed by atoms with E-state index in [9.17, 15) is 24.4 Å². The monoisotopic (exact) mass is 816 g/mol. The van der Waals surface area contributed by atoms with Gasteiger partial charge in [-0.3, -0.25) is 33.8 Å². The molecule has 0 saturated carbocycles. The summed E-state index contributed by atoms with van der Waals surface area (Å²) >= 11 is 5.38. The molecule has 2 aliphatic heterocycles. The number of aromatic amines is 1. The third kappa shape index (κ3) is 8.67. The van der Waals surface area contributed by atoms with Gasteiger partial charge in [-0.25, -0.2) is 24.3 Å². The molecule has 0 aliphatic carbocycles. The van der Waals surface area contributed by atoms with E-state index >= 15 is 4.39 Å². The fraction of sp³-hybridized carbons (Fsp3) is 0.455. The zero-order valence-corrected chi connectivity index (χ0v) is 31.6. The van der Waals surface area contributed by atoms with Crippen molar-refractivity contribution in [3.63, 3.8) is 0 Å². The van der Waals surface area contributed by atoms with Crippen LogP contribution in [0.4, 0.5) is 16.2 Å². The van der Waals surface area contributed by atoms with Crippen molar-refractivity contribution < 1.29 is 47.2 Å². The van der Waals surface area contributed by atoms with Crippen molar-refractivity contribution >= 4 is 64.4 Å². The van der Waals surface area contributed by atoms with Gasteiger partial charge in [0.1, 0.15) is 18.6 Å². The van der Waals surface area contributed by atoms with Gasteiger partial charge in [-0.15, -0.1) is 0 Å². The van der Waals surface area contributed by atoms with Gasteiger partial charge in [-0.1, -0.05) is 32.0 Å². The van der Waals surface area contributed by atoms with Crippen molar-refractivity contribution in [2.24, 2.45) is 5.92 Å². The Morgan fingerprint density at radius 2 is 1.73 bits per heavy atom. The van der Waals surface area contributed by atoms with Gasteiger partial charge in [-0.2, -0.15) is 4.98 Å². The number of carbonyl (C=O) groups is 2. The van der Waals surface area contributed by atoms with Crippen LogP contribution in [0.5, 0.6) is 0 Å². The van der Waals surface area contributed by atoms with Gasteiger partial charge >= 0.3 is 6.72 Å². The van der Waals surface area contributed by atoms with Gasteiger partial charge in [0.25, 0.3) is 11.5 Å². The van der Waals surface area contributed by atoms with Crippen molar-refractivity contribution in [2.45, 2.75) is 63.6 Å². The van der Waals surface area contributed by atoms with Crippen molar-refractivity contribution in [2.75, 3.05) is 37.1 Å². The number of benzene rings is 1. The molecule has 0 spiro atoms. The Hall–Kier alpha value is -4.64. The van der Waals surface area contributed by atoms with E-state index in [1.54, 1.807) is 44.2 Å². The van der Waals surface area contributed by atoms with E-state index in [1.807, 2.05) is 0 Å². The number of rotatable bonds is 15. The molecule has 6 heterocycles. The highest BCUT2D eigenvalue weighted by Gasteiger charge is 2.43. The lowest BCUT2D eigenvalue weighted by Crippen LogP contribution is -2.25. The average molecular weight is 817 g/mol. The van der Waals surface area contributed by atoms with Gasteiger partial charge in [-0.05, 0) is 23.9 Å². The highest BCUT2D eigenvalue weighted by Crippen LogP contribution is 2.50. The maximum Gasteiger partial charge on any atom is 0.325 e. The van der Waals surface area contributed by atoms with Crippen LogP contribution in [0.2, 0.25) is 0 Å². The number of hydrogen-bond acceptors (Lipinski definition) is 15. The highest BCUT2D eigenvalue weighted by molar-refractivity contribution is 8.07. The molecule has 0 bridgehead atoms. The summed E-state index contributed by atoms with van der Waals surface area (Å²) < 4.78 is 47.6. The average Bonchev–Trinajstić information content (AvgIpc) is 3.96. The first-order valence-corrected chi connectivity index (χ1v) is 20.1. The van der Waals surface area contributed by atoms with Crippen LogP contribution in [0.3, 0.4) is 0 Å². The van der Waals surface area contributed by atoms with Gasteiger partial charge in [0.2, 0.25) is 11.9 Å². The van der Waals surface area contributed by atoms with E-state index in [4.69, 9.17) is 35.1 Å². The van der Waals surface area contributed by atoms with Crippen LogP contribution in [0.1, 0.15) is 49.5 Å². The minimum absolute atomic E-state index is 0.0476. The summed E-state index contributed by atoms with van der Waals surface area (Å²) in [7, 11) is 0. The number of nitrogens with one attached hydrogen (secondary N) is 3. The van der Waals surface area contributed by atoms with Gasteiger partial charge in [0.15, 0.2) is 40.6 Å². The van der Waals surface area contributed by atoms with Gasteiger partial charge in [0.05, 0.1) is 51.3 Å². The van der Waals surface area contributed by atoms with Crippen molar-refractivity contribution in [3.8, 4) is 0 Å². The number of alkyl halides is 1. The third-order valence-corrected chi connectivity index (χ3v) is 10.5. The van der Waals surface area contributed by atoms with Gasteiger partial charge in [0, 0.05) is 24.3 Å². The smallest absolute Gasteiger partial charge is 0.325 e. The molecule has 2 aliphatic rings. The fourth-order valence-corrected chi connectivity index (χ4v) is 7.67. The van der Waals surface area contributed by atoms with Gasteiger partial charge < -0.3 is 38.6 Å². The molecule has 7 rings (SSSR count). The molecule has 23 heteroatoms. The number of nitrogens with zero attached hydrogens (tertiary/aromatic N) is 7. The maximum atomic E-state index is 15.5. The first kappa shape index (κ1) is 39.6. The Kier molecular flexibility index (Phi) is 11.9. The summed E-state index contributed by atoms with van der Waals surface area (Å²) in [5.74, 6) is -1.15. The number of imidazole rings is 2. The summed E-state index contributed by atoms with van der Waals surface area (Å²) in [4.78, 5) is 72.9. The number of amides is 2. The molecule has 5 N–H and O–H groups in total. The molecular weight excluding hydrogens is 778 g/mol. The van der Waals surface area contributed by atoms with E-state index in [0.29, 0.717) is 5.56 Å². The second kappa shape index (κ2) is 16.8. The predicted octanol–water partition coefficient (Wildman–Crippen LogP) is 2.35. The molecule has 0 radical (unpaired) electrons. The van der Waals surface area contributed by atoms with Crippen LogP contribution in [-0.4, -0.2) is 112 Å². The second-order valence-corrected chi connectivity index (χ2v) is 16.0. The Morgan fingerprint density at radius 3 is 2.48 bits per heavy atom. The highest BCUT2D eigenvalue weighted by atomic mass is 32.5. The summed E-state index contributed by atoms with van der Waals surface area (Å²) in [5, 5.41) is 14.4. The molecular formula is C33H38FN10O10PS. The number of ether oxygens (including phenoxy) is 3. The van der Waals surface area contributed by atoms with Crippen LogP contribution in [-0.2, 0) is 39.9 Å². The molecule has 7 unspecified atom stereocenters. The number of hydrogen-bond donors (Lipinski definition) is 5. The molecule has 1 aromatic carbocycles. The Morgan fingerprint density at radius 1 is 1.02 bits per heavy atom. The molecule has 5 aromatic rings. The number of aromatic nitrogens is 8. The van der Waals surface area contributed by atoms with E-state index in [0.717, 1.165) is 0 Å². The zero-order valence-electron chi connectivity index (χ0n) is 29.9. The van der Waals surface area contributed by atoms with E-state index in [1.165, 1.54) is 28.1 Å². The van der Waals surface area contributed by atoms with E-state index in [-0.39, 0.29) is 79.3 Å². The van der Waals surface area contributed by atoms with Crippen LogP contribution in [0.15, 0.2) is 54.1 Å². The number of fused-ring (bicyclic) bond motifs is 2. The first-order valence-electron chi connectivity index (χ1n) is 17.5. The normalized spacial score (nSPS) is 23.5. The predicted molar refractivity (Wildman–Crippen MR) is 199 cm³/mol. The minimum atomic E-state index is -4.07. The van der Waals surface area contributed by atoms with Crippen LogP contribution >= 0.6 is 6.72 Å². The number of anilines is 2. The topological polar surface area (TPSA) is 252 Å². The number of H-pyrrole nitrogens is 1. The van der Waals surface area contributed by atoms with Crippen molar-refractivity contribution in [1.82, 2.24) is 39.0 Å². The molecule has 7 atom stereocenters. The second-order valence-electron chi connectivity index (χ2n) is 13.2. The van der Waals surface area contributed by atoms with E-state index in [2.05, 4.69) is 40.5 Å². The first-order chi connectivity index (χ1) is 26.9. The lowest BCUT2D eigenvalue weighted by atomic mass is 10.2. The van der Waals surface area contributed by atoms with Crippen LogP contribution in [0, 0.1) is 5.92 Å². The lowest BCUT2D eigenvalue weighted by Gasteiger charge is -2.25. The van der Waals surface area contributed by atoms with E-state index < -0.39 is 61.0 Å². The fourth-order valence-electron chi connectivity index (χ4n) is 6.21. The van der Waals surface area contributed by atoms with Crippen LogP contribution < -0.4 is 16.2 Å². The number of halogens is 1. The third-order valence-electron chi connectivity index (χ3n) is 8.88. The molecule has 298 valence electrons. The van der Waals surface area contributed by atoms with Crippen molar-refractivity contribution in [1.29, 1.82) is 0 Å². The van der Waals surface area contributed by atoms with Crippen LogP contribution in [0.25, 0.3) is 22.3 Å². The molecule has 2 amide bonds. The largest absolute Gasteiger partial charge is 0.394 e. The number of aliphatic hydroxyl groups is 1. The Labute approximate surface area is 322 Å². The Balaban J connectivity index is 1.04. The number of carbonyl (C=O) groups excluding carboxylic acids is 2. The summed E-state index contributed by atoms with van der Waals surface area (Å²) in [6, 6.07) is 8.53.